The second-order valence-electron chi connectivity index (χ2n) is 4.91. The maximum absolute atomic E-state index is 11.5. The fourth-order valence-electron chi connectivity index (χ4n) is 1.79. The summed E-state index contributed by atoms with van der Waals surface area (Å²) >= 11 is 0. The van der Waals surface area contributed by atoms with Crippen molar-refractivity contribution in [2.24, 2.45) is 0 Å². The van der Waals surface area contributed by atoms with Gasteiger partial charge < -0.3 is 10.6 Å². The summed E-state index contributed by atoms with van der Waals surface area (Å²) in [6.07, 6.45) is 0. The largest absolute Gasteiger partial charge is 0.324 e. The second-order valence-corrected chi connectivity index (χ2v) is 4.91. The molecule has 0 saturated carbocycles. The molecule has 1 amide bonds. The smallest absolute Gasteiger partial charge is 0.250 e. The van der Waals surface area contributed by atoms with Gasteiger partial charge in [-0.1, -0.05) is 6.58 Å². The normalized spacial score (nSPS) is 10.0. The van der Waals surface area contributed by atoms with E-state index in [1.54, 1.807) is 6.92 Å². The summed E-state index contributed by atoms with van der Waals surface area (Å²) in [6.45, 7) is 9.12. The van der Waals surface area contributed by atoms with Crippen molar-refractivity contribution in [3.8, 4) is 0 Å². The number of nitrogens with one attached hydrogen (secondary N) is 2. The van der Waals surface area contributed by atoms with Gasteiger partial charge in [0.2, 0.25) is 5.95 Å². The first kappa shape index (κ1) is 14.7. The van der Waals surface area contributed by atoms with Crippen molar-refractivity contribution in [2.45, 2.75) is 20.8 Å². The minimum Gasteiger partial charge on any atom is -0.324 e. The Morgan fingerprint density at radius 2 is 1.57 bits per heavy atom. The van der Waals surface area contributed by atoms with Crippen molar-refractivity contribution in [1.82, 2.24) is 9.97 Å². The van der Waals surface area contributed by atoms with Gasteiger partial charge in [-0.2, -0.15) is 0 Å². The van der Waals surface area contributed by atoms with E-state index in [0.29, 0.717) is 11.5 Å². The number of hydrogen-bond donors (Lipinski definition) is 2. The number of rotatable bonds is 4. The molecule has 0 bridgehead atoms. The van der Waals surface area contributed by atoms with Gasteiger partial charge in [0.25, 0.3) is 5.91 Å². The molecule has 2 N–H and O–H groups in total. The van der Waals surface area contributed by atoms with Crippen molar-refractivity contribution in [2.75, 3.05) is 10.6 Å². The molecule has 0 aliphatic rings. The van der Waals surface area contributed by atoms with Crippen LogP contribution < -0.4 is 10.6 Å². The Balaban J connectivity index is 2.08. The van der Waals surface area contributed by atoms with Crippen LogP contribution in [-0.4, -0.2) is 15.9 Å². The van der Waals surface area contributed by atoms with Crippen LogP contribution in [0.2, 0.25) is 0 Å². The van der Waals surface area contributed by atoms with E-state index in [1.165, 1.54) is 0 Å². The van der Waals surface area contributed by atoms with E-state index in [9.17, 15) is 4.79 Å². The van der Waals surface area contributed by atoms with Crippen LogP contribution in [0.5, 0.6) is 0 Å². The first-order chi connectivity index (χ1) is 9.94. The lowest BCUT2D eigenvalue weighted by Gasteiger charge is -2.08. The third kappa shape index (κ3) is 4.14. The molecule has 0 aliphatic heterocycles. The lowest BCUT2D eigenvalue weighted by Crippen LogP contribution is -2.11. The minimum atomic E-state index is -0.187. The van der Waals surface area contributed by atoms with E-state index in [0.717, 1.165) is 22.8 Å². The Morgan fingerprint density at radius 1 is 1.05 bits per heavy atom. The first-order valence-electron chi connectivity index (χ1n) is 6.60. The van der Waals surface area contributed by atoms with Crippen LogP contribution in [0.4, 0.5) is 17.3 Å². The molecule has 2 rings (SSSR count). The summed E-state index contributed by atoms with van der Waals surface area (Å²) in [7, 11) is 0. The van der Waals surface area contributed by atoms with Gasteiger partial charge in [0.05, 0.1) is 0 Å². The molecule has 0 atom stereocenters. The molecule has 0 aliphatic carbocycles. The summed E-state index contributed by atoms with van der Waals surface area (Å²) in [6, 6.07) is 9.25. The molecule has 0 fully saturated rings. The van der Waals surface area contributed by atoms with Gasteiger partial charge >= 0.3 is 0 Å². The van der Waals surface area contributed by atoms with Crippen molar-refractivity contribution in [3.05, 3.63) is 53.9 Å². The van der Waals surface area contributed by atoms with E-state index >= 15 is 0 Å². The number of carbonyl (C=O) groups excluding carboxylic acids is 1. The van der Waals surface area contributed by atoms with E-state index in [-0.39, 0.29) is 5.91 Å². The van der Waals surface area contributed by atoms with Gasteiger partial charge in [0, 0.05) is 28.3 Å². The van der Waals surface area contributed by atoms with Crippen LogP contribution in [0.25, 0.3) is 0 Å². The maximum Gasteiger partial charge on any atom is 0.250 e. The van der Waals surface area contributed by atoms with Crippen molar-refractivity contribution in [1.29, 1.82) is 0 Å². The van der Waals surface area contributed by atoms with Gasteiger partial charge in [-0.05, 0) is 51.1 Å². The monoisotopic (exact) mass is 282 g/mol. The predicted octanol–water partition coefficient (Wildman–Crippen LogP) is 3.35. The van der Waals surface area contributed by atoms with E-state index in [2.05, 4.69) is 27.2 Å². The Kier molecular flexibility index (Phi) is 4.33. The minimum absolute atomic E-state index is 0.187. The van der Waals surface area contributed by atoms with Crippen molar-refractivity contribution in [3.63, 3.8) is 0 Å². The topological polar surface area (TPSA) is 66.9 Å². The highest BCUT2D eigenvalue weighted by molar-refractivity contribution is 6.02. The molecule has 21 heavy (non-hydrogen) atoms. The Labute approximate surface area is 124 Å². The number of hydrogen-bond acceptors (Lipinski definition) is 4. The maximum atomic E-state index is 11.5. The third-order valence-electron chi connectivity index (χ3n) is 2.77. The number of benzene rings is 1. The average molecular weight is 282 g/mol. The van der Waals surface area contributed by atoms with Crippen LogP contribution in [0, 0.1) is 13.8 Å². The van der Waals surface area contributed by atoms with Crippen LogP contribution in [-0.2, 0) is 4.79 Å². The standard InChI is InChI=1S/C16H18N4O/c1-10(2)15(21)19-13-5-7-14(8-6-13)20-16-17-11(3)9-12(4)18-16/h5-9H,1H2,2-4H3,(H,19,21)(H,17,18,20). The number of amides is 1. The molecule has 0 radical (unpaired) electrons. The molecule has 5 nitrogen and oxygen atoms in total. The average Bonchev–Trinajstić information content (AvgIpc) is 2.39. The zero-order valence-corrected chi connectivity index (χ0v) is 12.4. The van der Waals surface area contributed by atoms with E-state index in [1.807, 2.05) is 44.2 Å². The number of carbonyl (C=O) groups is 1. The Morgan fingerprint density at radius 3 is 2.10 bits per heavy atom. The van der Waals surface area contributed by atoms with Crippen molar-refractivity contribution >= 4 is 23.2 Å². The van der Waals surface area contributed by atoms with Crippen LogP contribution >= 0.6 is 0 Å². The molecule has 2 aromatic rings. The summed E-state index contributed by atoms with van der Waals surface area (Å²) < 4.78 is 0. The number of anilines is 3. The van der Waals surface area contributed by atoms with Crippen LogP contribution in [0.15, 0.2) is 42.5 Å². The molecule has 108 valence electrons. The molecule has 0 spiro atoms. The lowest BCUT2D eigenvalue weighted by molar-refractivity contribution is -0.112. The molecular weight excluding hydrogens is 264 g/mol. The highest BCUT2D eigenvalue weighted by Crippen LogP contribution is 2.17. The van der Waals surface area contributed by atoms with Gasteiger partial charge in [-0.25, -0.2) is 9.97 Å². The SMILES string of the molecule is C=C(C)C(=O)Nc1ccc(Nc2nc(C)cc(C)n2)cc1. The predicted molar refractivity (Wildman–Crippen MR) is 84.7 cm³/mol. The quantitative estimate of drug-likeness (QED) is 0.844. The van der Waals surface area contributed by atoms with Gasteiger partial charge in [-0.3, -0.25) is 4.79 Å². The number of nitrogens with zero attached hydrogens (tertiary/aromatic N) is 2. The fraction of sp³-hybridized carbons (Fsp3) is 0.188. The molecule has 1 aromatic carbocycles. The van der Waals surface area contributed by atoms with E-state index in [4.69, 9.17) is 0 Å². The molecule has 0 saturated heterocycles. The van der Waals surface area contributed by atoms with Gasteiger partial charge in [-0.15, -0.1) is 0 Å². The summed E-state index contributed by atoms with van der Waals surface area (Å²) in [5.74, 6) is 0.375. The Bertz CT molecular complexity index is 657. The van der Waals surface area contributed by atoms with Gasteiger partial charge in [0.1, 0.15) is 0 Å². The number of aromatic nitrogens is 2. The third-order valence-corrected chi connectivity index (χ3v) is 2.77. The molecule has 1 heterocycles. The molecule has 0 unspecified atom stereocenters. The highest BCUT2D eigenvalue weighted by atomic mass is 16.1. The molecule has 1 aromatic heterocycles. The van der Waals surface area contributed by atoms with Crippen LogP contribution in [0.3, 0.4) is 0 Å². The molecule has 5 heteroatoms. The zero-order chi connectivity index (χ0) is 15.4. The summed E-state index contributed by atoms with van der Waals surface area (Å²) in [5, 5.41) is 5.89. The van der Waals surface area contributed by atoms with Gasteiger partial charge in [0.15, 0.2) is 0 Å². The van der Waals surface area contributed by atoms with Crippen LogP contribution in [0.1, 0.15) is 18.3 Å². The van der Waals surface area contributed by atoms with E-state index < -0.39 is 0 Å². The highest BCUT2D eigenvalue weighted by Gasteiger charge is 2.03. The number of aryl methyl sites for hydroxylation is 2. The Hall–Kier alpha value is -2.69. The van der Waals surface area contributed by atoms with Crippen molar-refractivity contribution < 1.29 is 4.79 Å². The zero-order valence-electron chi connectivity index (χ0n) is 12.4. The summed E-state index contributed by atoms with van der Waals surface area (Å²) in [4.78, 5) is 20.2. The first-order valence-corrected chi connectivity index (χ1v) is 6.60. The second kappa shape index (κ2) is 6.17. The molecular formula is C16H18N4O. The summed E-state index contributed by atoms with van der Waals surface area (Å²) in [5.41, 5.74) is 3.87. The lowest BCUT2D eigenvalue weighted by atomic mass is 10.2. The fourth-order valence-corrected chi connectivity index (χ4v) is 1.79.